The summed E-state index contributed by atoms with van der Waals surface area (Å²) in [6.07, 6.45) is 5.14. The number of ether oxygens (including phenoxy) is 2. The fraction of sp³-hybridized carbons (Fsp3) is 0.538. The first-order valence-corrected chi connectivity index (χ1v) is 6.93. The van der Waals surface area contributed by atoms with E-state index < -0.39 is 0 Å². The maximum absolute atomic E-state index is 5.73. The molecule has 3 heteroatoms. The van der Waals surface area contributed by atoms with E-state index in [9.17, 15) is 0 Å². The second kappa shape index (κ2) is 6.45. The zero-order valence-corrected chi connectivity index (χ0v) is 11.5. The first-order chi connectivity index (χ1) is 7.86. The Hall–Kier alpha value is -0.290. The maximum Gasteiger partial charge on any atom is 0.132 e. The van der Waals surface area contributed by atoms with E-state index >= 15 is 0 Å². The predicted octanol–water partition coefficient (Wildman–Crippen LogP) is 3.63. The van der Waals surface area contributed by atoms with E-state index in [2.05, 4.69) is 28.7 Å². The van der Waals surface area contributed by atoms with Crippen LogP contribution in [0.2, 0.25) is 0 Å². The topological polar surface area (TPSA) is 18.5 Å². The van der Waals surface area contributed by atoms with Crippen LogP contribution in [-0.4, -0.2) is 19.3 Å². The first kappa shape index (κ1) is 12.2. The maximum atomic E-state index is 5.73. The summed E-state index contributed by atoms with van der Waals surface area (Å²) >= 11 is 2.30. The molecular weight excluding hydrogens is 315 g/mol. The minimum absolute atomic E-state index is 0.485. The Balaban J connectivity index is 1.66. The number of hydrogen-bond donors (Lipinski definition) is 0. The summed E-state index contributed by atoms with van der Waals surface area (Å²) in [7, 11) is 0. The number of benzene rings is 1. The highest BCUT2D eigenvalue weighted by atomic mass is 127. The van der Waals surface area contributed by atoms with E-state index in [1.165, 1.54) is 16.4 Å². The second-order valence-electron chi connectivity index (χ2n) is 4.06. The normalized spacial score (nSPS) is 19.9. The molecule has 2 nitrogen and oxygen atoms in total. The standard InChI is InChI=1S/C13H17IO2/c14-12-7-1-2-8-13(12)16-10-4-6-11-5-3-9-15-11/h1-2,7-8,11H,3-6,9-10H2. The van der Waals surface area contributed by atoms with Gasteiger partial charge in [-0.3, -0.25) is 0 Å². The molecule has 1 unspecified atom stereocenters. The molecule has 1 saturated heterocycles. The van der Waals surface area contributed by atoms with Crippen LogP contribution < -0.4 is 4.74 Å². The van der Waals surface area contributed by atoms with Gasteiger partial charge in [-0.15, -0.1) is 0 Å². The molecule has 0 bridgehead atoms. The number of rotatable bonds is 5. The highest BCUT2D eigenvalue weighted by molar-refractivity contribution is 14.1. The lowest BCUT2D eigenvalue weighted by Crippen LogP contribution is -2.07. The summed E-state index contributed by atoms with van der Waals surface area (Å²) < 4.78 is 12.5. The summed E-state index contributed by atoms with van der Waals surface area (Å²) in [6.45, 7) is 1.74. The van der Waals surface area contributed by atoms with Gasteiger partial charge in [-0.2, -0.15) is 0 Å². The van der Waals surface area contributed by atoms with Gasteiger partial charge in [0.2, 0.25) is 0 Å². The van der Waals surface area contributed by atoms with E-state index in [1.807, 2.05) is 18.2 Å². The van der Waals surface area contributed by atoms with E-state index in [-0.39, 0.29) is 0 Å². The van der Waals surface area contributed by atoms with Gasteiger partial charge in [0, 0.05) is 6.61 Å². The van der Waals surface area contributed by atoms with E-state index in [0.29, 0.717) is 6.10 Å². The number of halogens is 1. The fourth-order valence-corrected chi connectivity index (χ4v) is 2.47. The highest BCUT2D eigenvalue weighted by Gasteiger charge is 2.14. The van der Waals surface area contributed by atoms with Crippen molar-refractivity contribution < 1.29 is 9.47 Å². The van der Waals surface area contributed by atoms with Gasteiger partial charge in [-0.05, 0) is 60.4 Å². The van der Waals surface area contributed by atoms with Crippen molar-refractivity contribution in [2.24, 2.45) is 0 Å². The van der Waals surface area contributed by atoms with Gasteiger partial charge in [0.05, 0.1) is 16.3 Å². The quantitative estimate of drug-likeness (QED) is 0.606. The SMILES string of the molecule is Ic1ccccc1OCCCC1CCCO1. The van der Waals surface area contributed by atoms with Crippen molar-refractivity contribution in [2.45, 2.75) is 31.8 Å². The van der Waals surface area contributed by atoms with Crippen molar-refractivity contribution >= 4 is 22.6 Å². The fourth-order valence-electron chi connectivity index (χ4n) is 1.93. The molecule has 1 fully saturated rings. The van der Waals surface area contributed by atoms with Gasteiger partial charge >= 0.3 is 0 Å². The monoisotopic (exact) mass is 332 g/mol. The summed E-state index contributed by atoms with van der Waals surface area (Å²) in [4.78, 5) is 0. The van der Waals surface area contributed by atoms with Gasteiger partial charge < -0.3 is 9.47 Å². The molecule has 0 amide bonds. The minimum Gasteiger partial charge on any atom is -0.492 e. The molecule has 1 aromatic carbocycles. The van der Waals surface area contributed by atoms with Crippen LogP contribution in [0.4, 0.5) is 0 Å². The third kappa shape index (κ3) is 3.63. The van der Waals surface area contributed by atoms with Crippen molar-refractivity contribution in [3.8, 4) is 5.75 Å². The molecule has 1 aliphatic heterocycles. The Kier molecular flexibility index (Phi) is 4.91. The van der Waals surface area contributed by atoms with Crippen LogP contribution in [0.5, 0.6) is 5.75 Å². The summed E-state index contributed by atoms with van der Waals surface area (Å²) in [6, 6.07) is 8.13. The molecule has 0 N–H and O–H groups in total. The summed E-state index contributed by atoms with van der Waals surface area (Å²) in [5.74, 6) is 0.996. The third-order valence-electron chi connectivity index (χ3n) is 2.79. The lowest BCUT2D eigenvalue weighted by Gasteiger charge is -2.10. The van der Waals surface area contributed by atoms with Crippen molar-refractivity contribution in [1.29, 1.82) is 0 Å². The lowest BCUT2D eigenvalue weighted by atomic mass is 10.1. The summed E-state index contributed by atoms with van der Waals surface area (Å²) in [5.41, 5.74) is 0. The van der Waals surface area contributed by atoms with Gasteiger partial charge in [-0.25, -0.2) is 0 Å². The van der Waals surface area contributed by atoms with Gasteiger partial charge in [0.1, 0.15) is 5.75 Å². The van der Waals surface area contributed by atoms with Crippen molar-refractivity contribution in [3.63, 3.8) is 0 Å². The van der Waals surface area contributed by atoms with Gasteiger partial charge in [0.25, 0.3) is 0 Å². The van der Waals surface area contributed by atoms with Crippen LogP contribution >= 0.6 is 22.6 Å². The third-order valence-corrected chi connectivity index (χ3v) is 3.68. The molecule has 0 spiro atoms. The van der Waals surface area contributed by atoms with Gasteiger partial charge in [0.15, 0.2) is 0 Å². The van der Waals surface area contributed by atoms with E-state index in [0.717, 1.165) is 31.8 Å². The van der Waals surface area contributed by atoms with E-state index in [4.69, 9.17) is 9.47 Å². The molecule has 0 radical (unpaired) electrons. The van der Waals surface area contributed by atoms with Crippen LogP contribution in [0.3, 0.4) is 0 Å². The summed E-state index contributed by atoms with van der Waals surface area (Å²) in [5, 5.41) is 0. The molecule has 1 aromatic rings. The molecule has 0 aliphatic carbocycles. The average molecular weight is 332 g/mol. The second-order valence-corrected chi connectivity index (χ2v) is 5.22. The molecule has 16 heavy (non-hydrogen) atoms. The zero-order chi connectivity index (χ0) is 11.2. The first-order valence-electron chi connectivity index (χ1n) is 5.85. The van der Waals surface area contributed by atoms with Crippen LogP contribution in [0, 0.1) is 3.57 Å². The molecular formula is C13H17IO2. The largest absolute Gasteiger partial charge is 0.492 e. The average Bonchev–Trinajstić information content (AvgIpc) is 2.79. The molecule has 88 valence electrons. The zero-order valence-electron chi connectivity index (χ0n) is 9.32. The minimum atomic E-state index is 0.485. The van der Waals surface area contributed by atoms with E-state index in [1.54, 1.807) is 0 Å². The predicted molar refractivity (Wildman–Crippen MR) is 72.9 cm³/mol. The van der Waals surface area contributed by atoms with Crippen LogP contribution in [0.15, 0.2) is 24.3 Å². The molecule has 0 saturated carbocycles. The molecule has 1 aliphatic rings. The van der Waals surface area contributed by atoms with Crippen molar-refractivity contribution in [2.75, 3.05) is 13.2 Å². The van der Waals surface area contributed by atoms with Crippen molar-refractivity contribution in [3.05, 3.63) is 27.8 Å². The molecule has 0 aromatic heterocycles. The van der Waals surface area contributed by atoms with Gasteiger partial charge in [-0.1, -0.05) is 12.1 Å². The highest BCUT2D eigenvalue weighted by Crippen LogP contribution is 2.21. The number of para-hydroxylation sites is 1. The smallest absolute Gasteiger partial charge is 0.132 e. The number of hydrogen-bond acceptors (Lipinski definition) is 2. The van der Waals surface area contributed by atoms with Crippen molar-refractivity contribution in [1.82, 2.24) is 0 Å². The molecule has 1 heterocycles. The molecule has 2 rings (SSSR count). The Morgan fingerprint density at radius 1 is 1.38 bits per heavy atom. The Bertz CT molecular complexity index is 321. The Labute approximate surface area is 110 Å². The lowest BCUT2D eigenvalue weighted by molar-refractivity contribution is 0.0981. The Morgan fingerprint density at radius 2 is 2.25 bits per heavy atom. The molecule has 1 atom stereocenters. The Morgan fingerprint density at radius 3 is 3.00 bits per heavy atom. The van der Waals surface area contributed by atoms with Crippen LogP contribution in [-0.2, 0) is 4.74 Å². The van der Waals surface area contributed by atoms with Crippen LogP contribution in [0.1, 0.15) is 25.7 Å². The van der Waals surface area contributed by atoms with Crippen LogP contribution in [0.25, 0.3) is 0 Å².